The Balaban J connectivity index is 1.60. The van der Waals surface area contributed by atoms with Crippen LogP contribution < -0.4 is 19.7 Å². The van der Waals surface area contributed by atoms with E-state index in [-0.39, 0.29) is 24.3 Å². The number of anilines is 1. The van der Waals surface area contributed by atoms with Gasteiger partial charge in [0.05, 0.1) is 20.6 Å². The highest BCUT2D eigenvalue weighted by Crippen LogP contribution is 2.36. The Labute approximate surface area is 235 Å². The number of methoxy groups -OCH3 is 2. The number of aromatic nitrogens is 1. The van der Waals surface area contributed by atoms with Gasteiger partial charge in [-0.05, 0) is 49.1 Å². The van der Waals surface area contributed by atoms with Crippen LogP contribution in [0.15, 0.2) is 72.9 Å². The summed E-state index contributed by atoms with van der Waals surface area (Å²) < 4.78 is 11.0. The summed E-state index contributed by atoms with van der Waals surface area (Å²) in [5.74, 6) is 0.660. The molecule has 7 nitrogen and oxygen atoms in total. The fourth-order valence-electron chi connectivity index (χ4n) is 5.63. The van der Waals surface area contributed by atoms with Crippen molar-refractivity contribution in [2.24, 2.45) is 0 Å². The number of aromatic amines is 1. The summed E-state index contributed by atoms with van der Waals surface area (Å²) >= 11 is 0. The number of carbonyl (C=O) groups excluding carboxylic acids is 2. The molecule has 2 amide bonds. The minimum Gasteiger partial charge on any atom is -0.493 e. The Morgan fingerprint density at radius 3 is 2.40 bits per heavy atom. The molecule has 7 heteroatoms. The van der Waals surface area contributed by atoms with Gasteiger partial charge in [0, 0.05) is 34.9 Å². The minimum atomic E-state index is -0.863. The molecule has 0 bridgehead atoms. The third-order valence-electron chi connectivity index (χ3n) is 7.78. The van der Waals surface area contributed by atoms with Crippen LogP contribution in [-0.2, 0) is 16.0 Å². The quantitative estimate of drug-likeness (QED) is 0.263. The van der Waals surface area contributed by atoms with Crippen LogP contribution in [-0.4, -0.2) is 37.1 Å². The maximum atomic E-state index is 14.3. The molecule has 5 rings (SSSR count). The molecule has 1 atom stereocenters. The molecule has 0 aliphatic heterocycles. The molecule has 1 fully saturated rings. The van der Waals surface area contributed by atoms with Gasteiger partial charge >= 0.3 is 0 Å². The van der Waals surface area contributed by atoms with Crippen LogP contribution >= 0.6 is 0 Å². The van der Waals surface area contributed by atoms with Gasteiger partial charge in [-0.25, -0.2) is 0 Å². The minimum absolute atomic E-state index is 0.102. The van der Waals surface area contributed by atoms with Crippen LogP contribution in [0.5, 0.6) is 11.5 Å². The number of hydrogen-bond donors (Lipinski definition) is 2. The van der Waals surface area contributed by atoms with Crippen molar-refractivity contribution in [2.75, 3.05) is 19.1 Å². The van der Waals surface area contributed by atoms with Gasteiger partial charge in [-0.2, -0.15) is 0 Å². The fourth-order valence-corrected chi connectivity index (χ4v) is 5.63. The molecular formula is C33H37N3O4. The number of fused-ring (bicyclic) bond motifs is 1. The number of nitrogens with zero attached hydrogens (tertiary/aromatic N) is 1. The number of hydrogen-bond acceptors (Lipinski definition) is 4. The molecular weight excluding hydrogens is 502 g/mol. The van der Waals surface area contributed by atoms with Crippen LogP contribution in [0.2, 0.25) is 0 Å². The second-order valence-electron chi connectivity index (χ2n) is 10.5. The van der Waals surface area contributed by atoms with Gasteiger partial charge in [-0.15, -0.1) is 0 Å². The van der Waals surface area contributed by atoms with Crippen LogP contribution in [0, 0.1) is 6.92 Å². The SMILES string of the molecule is COc1ccc(N(C(=O)Cc2c[nH]c3ccccc23)[C@@H](C(=O)NC2CCCCC2)c2ccc(C)cc2)cc1OC. The van der Waals surface area contributed by atoms with Gasteiger partial charge in [0.2, 0.25) is 11.8 Å². The normalized spacial score (nSPS) is 14.5. The van der Waals surface area contributed by atoms with Gasteiger partial charge in [0.15, 0.2) is 11.5 Å². The largest absolute Gasteiger partial charge is 0.493 e. The molecule has 1 heterocycles. The third-order valence-corrected chi connectivity index (χ3v) is 7.78. The van der Waals surface area contributed by atoms with Crippen molar-refractivity contribution in [3.05, 3.63) is 89.6 Å². The lowest BCUT2D eigenvalue weighted by atomic mass is 9.94. The molecule has 40 heavy (non-hydrogen) atoms. The van der Waals surface area contributed by atoms with Gasteiger partial charge in [-0.1, -0.05) is 67.3 Å². The smallest absolute Gasteiger partial charge is 0.248 e. The first kappa shape index (κ1) is 27.3. The zero-order valence-corrected chi connectivity index (χ0v) is 23.4. The summed E-state index contributed by atoms with van der Waals surface area (Å²) in [6.07, 6.45) is 7.28. The van der Waals surface area contributed by atoms with Crippen LogP contribution in [0.1, 0.15) is 54.8 Å². The maximum Gasteiger partial charge on any atom is 0.248 e. The molecule has 1 aromatic heterocycles. The summed E-state index contributed by atoms with van der Waals surface area (Å²) in [4.78, 5) is 33.4. The number of para-hydroxylation sites is 1. The number of ether oxygens (including phenoxy) is 2. The van der Waals surface area contributed by atoms with E-state index >= 15 is 0 Å². The van der Waals surface area contributed by atoms with Crippen LogP contribution in [0.4, 0.5) is 5.69 Å². The second kappa shape index (κ2) is 12.3. The number of amides is 2. The van der Waals surface area contributed by atoms with Gasteiger partial charge in [-0.3, -0.25) is 14.5 Å². The van der Waals surface area contributed by atoms with E-state index in [2.05, 4.69) is 10.3 Å². The lowest BCUT2D eigenvalue weighted by Gasteiger charge is -2.34. The fraction of sp³-hybridized carbons (Fsp3) is 0.333. The molecule has 0 unspecified atom stereocenters. The molecule has 1 aliphatic rings. The second-order valence-corrected chi connectivity index (χ2v) is 10.5. The maximum absolute atomic E-state index is 14.3. The van der Waals surface area contributed by atoms with Crippen molar-refractivity contribution in [3.8, 4) is 11.5 Å². The highest BCUT2D eigenvalue weighted by Gasteiger charge is 2.35. The predicted octanol–water partition coefficient (Wildman–Crippen LogP) is 6.26. The molecule has 4 aromatic rings. The van der Waals surface area contributed by atoms with Crippen molar-refractivity contribution in [3.63, 3.8) is 0 Å². The average Bonchev–Trinajstić information content (AvgIpc) is 3.39. The average molecular weight is 540 g/mol. The highest BCUT2D eigenvalue weighted by atomic mass is 16.5. The summed E-state index contributed by atoms with van der Waals surface area (Å²) in [7, 11) is 3.14. The van der Waals surface area contributed by atoms with Gasteiger partial charge in [0.1, 0.15) is 6.04 Å². The summed E-state index contributed by atoms with van der Waals surface area (Å²) in [5.41, 5.74) is 4.24. The first-order valence-corrected chi connectivity index (χ1v) is 13.9. The van der Waals surface area contributed by atoms with E-state index in [1.807, 2.05) is 67.7 Å². The molecule has 0 saturated heterocycles. The first-order valence-electron chi connectivity index (χ1n) is 13.9. The van der Waals surface area contributed by atoms with Crippen molar-refractivity contribution < 1.29 is 19.1 Å². The van der Waals surface area contributed by atoms with E-state index in [1.54, 1.807) is 31.3 Å². The lowest BCUT2D eigenvalue weighted by Crippen LogP contribution is -2.47. The summed E-state index contributed by atoms with van der Waals surface area (Å²) in [6, 6.07) is 20.3. The molecule has 0 spiro atoms. The molecule has 1 saturated carbocycles. The Morgan fingerprint density at radius 2 is 1.68 bits per heavy atom. The molecule has 208 valence electrons. The monoisotopic (exact) mass is 539 g/mol. The van der Waals surface area contributed by atoms with E-state index in [4.69, 9.17) is 9.47 Å². The van der Waals surface area contributed by atoms with Gasteiger partial charge < -0.3 is 19.8 Å². The molecule has 1 aliphatic carbocycles. The first-order chi connectivity index (χ1) is 19.5. The van der Waals surface area contributed by atoms with Crippen LogP contribution in [0.25, 0.3) is 10.9 Å². The number of nitrogens with one attached hydrogen (secondary N) is 2. The van der Waals surface area contributed by atoms with Crippen molar-refractivity contribution in [2.45, 2.75) is 57.5 Å². The van der Waals surface area contributed by atoms with Crippen molar-refractivity contribution in [1.82, 2.24) is 10.3 Å². The Hall–Kier alpha value is -4.26. The van der Waals surface area contributed by atoms with E-state index < -0.39 is 6.04 Å². The number of aryl methyl sites for hydroxylation is 1. The molecule has 3 aromatic carbocycles. The van der Waals surface area contributed by atoms with Crippen LogP contribution in [0.3, 0.4) is 0 Å². The zero-order chi connectivity index (χ0) is 28.1. The van der Waals surface area contributed by atoms with Crippen molar-refractivity contribution >= 4 is 28.4 Å². The summed E-state index contributed by atoms with van der Waals surface area (Å²) in [6.45, 7) is 2.01. The predicted molar refractivity (Wildman–Crippen MR) is 158 cm³/mol. The number of H-pyrrole nitrogens is 1. The number of rotatable bonds is 9. The zero-order valence-electron chi connectivity index (χ0n) is 23.4. The van der Waals surface area contributed by atoms with E-state index in [1.165, 1.54) is 6.42 Å². The van der Waals surface area contributed by atoms with E-state index in [9.17, 15) is 9.59 Å². The molecule has 0 radical (unpaired) electrons. The Morgan fingerprint density at radius 1 is 0.950 bits per heavy atom. The summed E-state index contributed by atoms with van der Waals surface area (Å²) in [5, 5.41) is 4.27. The Bertz CT molecular complexity index is 1470. The third kappa shape index (κ3) is 5.83. The van der Waals surface area contributed by atoms with Gasteiger partial charge in [0.25, 0.3) is 0 Å². The van der Waals surface area contributed by atoms with Crippen molar-refractivity contribution in [1.29, 1.82) is 0 Å². The lowest BCUT2D eigenvalue weighted by molar-refractivity contribution is -0.127. The highest BCUT2D eigenvalue weighted by molar-refractivity contribution is 6.03. The number of benzene rings is 3. The standard InChI is InChI=1S/C33H37N3O4/c1-22-13-15-23(16-14-22)32(33(38)35-25-9-5-4-6-10-25)36(26-17-18-29(39-2)30(20-26)40-3)31(37)19-24-21-34-28-12-8-7-11-27(24)28/h7-8,11-18,20-21,25,32,34H,4-6,9-10,19H2,1-3H3,(H,35,38)/t32-/m1/s1. The topological polar surface area (TPSA) is 83.7 Å². The number of carbonyl (C=O) groups is 2. The molecule has 2 N–H and O–H groups in total. The van der Waals surface area contributed by atoms with E-state index in [0.29, 0.717) is 17.2 Å². The van der Waals surface area contributed by atoms with E-state index in [0.717, 1.165) is 53.3 Å². The Kier molecular flexibility index (Phi) is 8.39.